The van der Waals surface area contributed by atoms with E-state index in [1.807, 2.05) is 11.8 Å². The zero-order valence-electron chi connectivity index (χ0n) is 10.0. The maximum Gasteiger partial charge on any atom is 0.127 e. The molecule has 0 amide bonds. The van der Waals surface area contributed by atoms with Gasteiger partial charge in [-0.05, 0) is 31.0 Å². The standard InChI is InChI=1S/C13H16BrNOS/c1-13(2)12(15)10-8(6-17-13)11-7(3-4-16-11)5-9(10)14/h5,12H,3-4,6,15H2,1-2H3. The molecule has 0 bridgehead atoms. The molecule has 2 aliphatic rings. The fourth-order valence-corrected chi connectivity index (χ4v) is 4.42. The predicted octanol–water partition coefficient (Wildman–Crippen LogP) is 3.41. The van der Waals surface area contributed by atoms with Crippen LogP contribution < -0.4 is 10.5 Å². The summed E-state index contributed by atoms with van der Waals surface area (Å²) >= 11 is 5.60. The molecule has 1 aromatic carbocycles. The van der Waals surface area contributed by atoms with Crippen LogP contribution in [0.1, 0.15) is 36.6 Å². The summed E-state index contributed by atoms with van der Waals surface area (Å²) in [6, 6.07) is 2.24. The minimum atomic E-state index is 0.0557. The van der Waals surface area contributed by atoms with Gasteiger partial charge in [-0.1, -0.05) is 15.9 Å². The largest absolute Gasteiger partial charge is 0.493 e. The van der Waals surface area contributed by atoms with Crippen LogP contribution in [0.15, 0.2) is 10.5 Å². The van der Waals surface area contributed by atoms with E-state index in [-0.39, 0.29) is 10.8 Å². The van der Waals surface area contributed by atoms with Crippen molar-refractivity contribution in [1.29, 1.82) is 0 Å². The molecule has 0 saturated carbocycles. The number of nitrogens with two attached hydrogens (primary N) is 1. The number of rotatable bonds is 0. The van der Waals surface area contributed by atoms with Crippen molar-refractivity contribution >= 4 is 27.7 Å². The highest BCUT2D eigenvalue weighted by atomic mass is 79.9. The molecule has 0 aliphatic carbocycles. The summed E-state index contributed by atoms with van der Waals surface area (Å²) in [5.41, 5.74) is 10.3. The average Bonchev–Trinajstić information content (AvgIpc) is 2.70. The molecular weight excluding hydrogens is 298 g/mol. The fraction of sp³-hybridized carbons (Fsp3) is 0.538. The topological polar surface area (TPSA) is 35.2 Å². The fourth-order valence-electron chi connectivity index (χ4n) is 2.56. The molecule has 0 fully saturated rings. The molecule has 0 aromatic heterocycles. The van der Waals surface area contributed by atoms with Gasteiger partial charge in [0, 0.05) is 33.0 Å². The molecule has 0 saturated heterocycles. The van der Waals surface area contributed by atoms with Crippen molar-refractivity contribution in [2.24, 2.45) is 5.73 Å². The summed E-state index contributed by atoms with van der Waals surface area (Å²) in [7, 11) is 0. The SMILES string of the molecule is CC1(C)SCc2c3c(cc(Br)c2C1N)CCO3. The van der Waals surface area contributed by atoms with E-state index in [2.05, 4.69) is 35.8 Å². The smallest absolute Gasteiger partial charge is 0.127 e. The van der Waals surface area contributed by atoms with Crippen LogP contribution in [0.2, 0.25) is 0 Å². The minimum Gasteiger partial charge on any atom is -0.493 e. The van der Waals surface area contributed by atoms with Crippen molar-refractivity contribution < 1.29 is 4.74 Å². The summed E-state index contributed by atoms with van der Waals surface area (Å²) in [6.45, 7) is 5.24. The van der Waals surface area contributed by atoms with Crippen molar-refractivity contribution in [2.75, 3.05) is 6.61 Å². The lowest BCUT2D eigenvalue weighted by Crippen LogP contribution is -2.36. The van der Waals surface area contributed by atoms with Gasteiger partial charge in [-0.3, -0.25) is 0 Å². The third-order valence-corrected chi connectivity index (χ3v) is 5.80. The van der Waals surface area contributed by atoms with Crippen LogP contribution >= 0.6 is 27.7 Å². The highest BCUT2D eigenvalue weighted by Gasteiger charge is 2.38. The Labute approximate surface area is 114 Å². The summed E-state index contributed by atoms with van der Waals surface area (Å²) < 4.78 is 7.01. The van der Waals surface area contributed by atoms with Crippen molar-refractivity contribution in [3.05, 3.63) is 27.2 Å². The van der Waals surface area contributed by atoms with Gasteiger partial charge in [0.25, 0.3) is 0 Å². The monoisotopic (exact) mass is 313 g/mol. The molecule has 3 rings (SSSR count). The Morgan fingerprint density at radius 2 is 2.29 bits per heavy atom. The second kappa shape index (κ2) is 3.90. The van der Waals surface area contributed by atoms with Gasteiger partial charge < -0.3 is 10.5 Å². The number of thioether (sulfide) groups is 1. The molecule has 2 heterocycles. The first-order chi connectivity index (χ1) is 8.00. The van der Waals surface area contributed by atoms with Crippen molar-refractivity contribution in [3.63, 3.8) is 0 Å². The highest BCUT2D eigenvalue weighted by Crippen LogP contribution is 2.51. The Hall–Kier alpha value is -0.190. The first kappa shape index (κ1) is 11.9. The Morgan fingerprint density at radius 1 is 1.53 bits per heavy atom. The molecule has 1 aromatic rings. The molecule has 92 valence electrons. The van der Waals surface area contributed by atoms with Crippen molar-refractivity contribution in [1.82, 2.24) is 0 Å². The normalized spacial score (nSPS) is 25.1. The van der Waals surface area contributed by atoms with Gasteiger partial charge in [0.15, 0.2) is 0 Å². The van der Waals surface area contributed by atoms with Crippen LogP contribution in [0.5, 0.6) is 5.75 Å². The van der Waals surface area contributed by atoms with Crippen LogP contribution in [0.25, 0.3) is 0 Å². The predicted molar refractivity (Wildman–Crippen MR) is 75.6 cm³/mol. The second-order valence-electron chi connectivity index (χ2n) is 5.21. The van der Waals surface area contributed by atoms with E-state index in [4.69, 9.17) is 10.5 Å². The lowest BCUT2D eigenvalue weighted by atomic mass is 9.90. The summed E-state index contributed by atoms with van der Waals surface area (Å²) in [6.07, 6.45) is 1.02. The number of ether oxygens (including phenoxy) is 1. The van der Waals surface area contributed by atoms with Crippen LogP contribution in [0, 0.1) is 0 Å². The molecule has 17 heavy (non-hydrogen) atoms. The molecule has 0 spiro atoms. The Balaban J connectivity index is 2.21. The molecule has 1 atom stereocenters. The van der Waals surface area contributed by atoms with E-state index in [0.717, 1.165) is 29.0 Å². The molecule has 2 aliphatic heterocycles. The molecule has 1 unspecified atom stereocenters. The van der Waals surface area contributed by atoms with E-state index in [1.165, 1.54) is 16.7 Å². The molecule has 2 N–H and O–H groups in total. The molecular formula is C13H16BrNOS. The van der Waals surface area contributed by atoms with Gasteiger partial charge in [0.05, 0.1) is 6.61 Å². The Bertz CT molecular complexity index is 487. The molecule has 0 radical (unpaired) electrons. The van der Waals surface area contributed by atoms with Crippen LogP contribution in [-0.2, 0) is 12.2 Å². The first-order valence-corrected chi connectivity index (χ1v) is 7.65. The van der Waals surface area contributed by atoms with E-state index in [9.17, 15) is 0 Å². The summed E-state index contributed by atoms with van der Waals surface area (Å²) in [5.74, 6) is 2.10. The van der Waals surface area contributed by atoms with Gasteiger partial charge >= 0.3 is 0 Å². The maximum absolute atomic E-state index is 6.41. The van der Waals surface area contributed by atoms with Gasteiger partial charge in [0.1, 0.15) is 5.75 Å². The second-order valence-corrected chi connectivity index (χ2v) is 7.69. The third-order valence-electron chi connectivity index (χ3n) is 3.72. The minimum absolute atomic E-state index is 0.0557. The maximum atomic E-state index is 6.41. The number of hydrogen-bond donors (Lipinski definition) is 1. The van der Waals surface area contributed by atoms with Crippen molar-refractivity contribution in [2.45, 2.75) is 36.8 Å². The third kappa shape index (κ3) is 1.72. The lowest BCUT2D eigenvalue weighted by Gasteiger charge is -2.38. The Kier molecular flexibility index (Phi) is 2.73. The van der Waals surface area contributed by atoms with Crippen LogP contribution in [-0.4, -0.2) is 11.4 Å². The summed E-state index contributed by atoms with van der Waals surface area (Å²) in [4.78, 5) is 0. The van der Waals surface area contributed by atoms with E-state index in [1.54, 1.807) is 0 Å². The van der Waals surface area contributed by atoms with Gasteiger partial charge in [-0.2, -0.15) is 0 Å². The number of hydrogen-bond acceptors (Lipinski definition) is 3. The molecule has 4 heteroatoms. The quantitative estimate of drug-likeness (QED) is 0.797. The van der Waals surface area contributed by atoms with E-state index in [0.29, 0.717) is 0 Å². The van der Waals surface area contributed by atoms with Gasteiger partial charge in [-0.25, -0.2) is 0 Å². The number of benzene rings is 1. The van der Waals surface area contributed by atoms with E-state index < -0.39 is 0 Å². The highest BCUT2D eigenvalue weighted by molar-refractivity contribution is 9.10. The summed E-state index contributed by atoms with van der Waals surface area (Å²) in [5, 5.41) is 0. The number of halogens is 1. The van der Waals surface area contributed by atoms with Crippen molar-refractivity contribution in [3.8, 4) is 5.75 Å². The number of fused-ring (bicyclic) bond motifs is 3. The van der Waals surface area contributed by atoms with E-state index >= 15 is 0 Å². The van der Waals surface area contributed by atoms with Gasteiger partial charge in [-0.15, -0.1) is 11.8 Å². The van der Waals surface area contributed by atoms with Crippen LogP contribution in [0.4, 0.5) is 0 Å². The Morgan fingerprint density at radius 3 is 3.06 bits per heavy atom. The lowest BCUT2D eigenvalue weighted by molar-refractivity contribution is 0.353. The average molecular weight is 314 g/mol. The van der Waals surface area contributed by atoms with Gasteiger partial charge in [0.2, 0.25) is 0 Å². The van der Waals surface area contributed by atoms with Crippen LogP contribution in [0.3, 0.4) is 0 Å². The zero-order valence-corrected chi connectivity index (χ0v) is 12.5. The first-order valence-electron chi connectivity index (χ1n) is 5.87. The zero-order chi connectivity index (χ0) is 12.2. The molecule has 2 nitrogen and oxygen atoms in total.